The smallest absolute Gasteiger partial charge is 0.252 e. The zero-order valence-corrected chi connectivity index (χ0v) is 22.9. The van der Waals surface area contributed by atoms with Crippen LogP contribution in [0.5, 0.6) is 5.75 Å². The fourth-order valence-corrected chi connectivity index (χ4v) is 5.37. The Morgan fingerprint density at radius 3 is 2.74 bits per heavy atom. The van der Waals surface area contributed by atoms with Gasteiger partial charge in [0.05, 0.1) is 24.5 Å². The van der Waals surface area contributed by atoms with Crippen LogP contribution in [0.2, 0.25) is 0 Å². The van der Waals surface area contributed by atoms with Gasteiger partial charge in [0.25, 0.3) is 5.91 Å². The Labute approximate surface area is 240 Å². The standard InChI is InChI=1S/C30H28N8O4/c1-40-14-15-41-22-10-9-21-18-36(12-11-20(21)16-22)29(39)25(19-6-3-2-4-7-19)37-28-23(17-32-37)27-33-26(24-8-5-13-42-24)35-38(27)30(31)34-28/h2-10,13,16-17,25H,11-12,14-15,18H2,1H3,(H2,31,34). The van der Waals surface area contributed by atoms with Gasteiger partial charge in [-0.3, -0.25) is 4.79 Å². The lowest BCUT2D eigenvalue weighted by molar-refractivity contribution is -0.134. The molecule has 5 heterocycles. The summed E-state index contributed by atoms with van der Waals surface area (Å²) in [6.45, 7) is 2.05. The van der Waals surface area contributed by atoms with Crippen LogP contribution in [0.25, 0.3) is 28.3 Å². The van der Waals surface area contributed by atoms with E-state index in [4.69, 9.17) is 19.6 Å². The average molecular weight is 565 g/mol. The minimum atomic E-state index is -0.760. The van der Waals surface area contributed by atoms with Crippen molar-refractivity contribution < 1.29 is 18.7 Å². The first-order valence-corrected chi connectivity index (χ1v) is 13.6. The van der Waals surface area contributed by atoms with E-state index in [2.05, 4.69) is 26.2 Å². The van der Waals surface area contributed by atoms with Crippen molar-refractivity contribution in [3.63, 3.8) is 0 Å². The van der Waals surface area contributed by atoms with Crippen LogP contribution in [0.4, 0.5) is 5.95 Å². The fourth-order valence-electron chi connectivity index (χ4n) is 5.37. The zero-order valence-electron chi connectivity index (χ0n) is 22.9. The van der Waals surface area contributed by atoms with Crippen LogP contribution in [-0.2, 0) is 22.5 Å². The Morgan fingerprint density at radius 1 is 1.05 bits per heavy atom. The van der Waals surface area contributed by atoms with E-state index < -0.39 is 6.04 Å². The first kappa shape index (κ1) is 25.7. The molecule has 212 valence electrons. The van der Waals surface area contributed by atoms with Gasteiger partial charge >= 0.3 is 0 Å². The molecule has 2 aromatic carbocycles. The molecule has 1 aliphatic heterocycles. The Balaban J connectivity index is 1.25. The molecule has 12 heteroatoms. The topological polar surface area (TPSA) is 139 Å². The van der Waals surface area contributed by atoms with E-state index in [-0.39, 0.29) is 11.9 Å². The summed E-state index contributed by atoms with van der Waals surface area (Å²) in [7, 11) is 1.65. The number of aromatic nitrogens is 6. The molecule has 0 saturated carbocycles. The second-order valence-electron chi connectivity index (χ2n) is 10.0. The predicted molar refractivity (Wildman–Crippen MR) is 154 cm³/mol. The molecule has 1 unspecified atom stereocenters. The van der Waals surface area contributed by atoms with Gasteiger partial charge in [-0.05, 0) is 47.4 Å². The van der Waals surface area contributed by atoms with E-state index in [0.29, 0.717) is 61.0 Å². The van der Waals surface area contributed by atoms with E-state index in [1.54, 1.807) is 36.4 Å². The number of benzene rings is 2. The Kier molecular flexibility index (Phi) is 6.51. The van der Waals surface area contributed by atoms with Gasteiger partial charge in [0.2, 0.25) is 11.8 Å². The molecule has 0 spiro atoms. The molecule has 0 bridgehead atoms. The molecule has 12 nitrogen and oxygen atoms in total. The lowest BCUT2D eigenvalue weighted by Gasteiger charge is -2.32. The van der Waals surface area contributed by atoms with Crippen molar-refractivity contribution in [2.45, 2.75) is 19.0 Å². The molecular formula is C30H28N8O4. The zero-order chi connectivity index (χ0) is 28.6. The number of nitrogens with zero attached hydrogens (tertiary/aromatic N) is 7. The van der Waals surface area contributed by atoms with Crippen molar-refractivity contribution >= 4 is 28.5 Å². The van der Waals surface area contributed by atoms with Crippen LogP contribution in [0.3, 0.4) is 0 Å². The summed E-state index contributed by atoms with van der Waals surface area (Å²) in [5, 5.41) is 9.75. The highest BCUT2D eigenvalue weighted by Gasteiger charge is 2.32. The number of rotatable bonds is 8. The van der Waals surface area contributed by atoms with Crippen molar-refractivity contribution in [2.75, 3.05) is 32.6 Å². The van der Waals surface area contributed by atoms with E-state index in [1.807, 2.05) is 47.4 Å². The number of carbonyl (C=O) groups is 1. The third-order valence-corrected chi connectivity index (χ3v) is 7.45. The van der Waals surface area contributed by atoms with E-state index in [0.717, 1.165) is 16.9 Å². The van der Waals surface area contributed by atoms with Crippen LogP contribution >= 0.6 is 0 Å². The highest BCUT2D eigenvalue weighted by molar-refractivity contribution is 5.92. The van der Waals surface area contributed by atoms with Crippen LogP contribution in [0.15, 0.2) is 77.5 Å². The molecule has 0 saturated heterocycles. The molecule has 0 fully saturated rings. The first-order valence-electron chi connectivity index (χ1n) is 13.6. The normalized spacial score (nSPS) is 13.9. The largest absolute Gasteiger partial charge is 0.491 e. The molecule has 2 N–H and O–H groups in total. The van der Waals surface area contributed by atoms with E-state index in [1.165, 1.54) is 10.1 Å². The maximum atomic E-state index is 14.3. The Hall–Kier alpha value is -5.23. The Bertz CT molecular complexity index is 1880. The SMILES string of the molecule is COCCOc1ccc2c(c1)CCN(C(=O)C(c1ccccc1)n1ncc3c1nc(N)n1nc(-c4ccco4)nc31)C2. The number of furan rings is 1. The van der Waals surface area contributed by atoms with E-state index >= 15 is 0 Å². The fraction of sp³-hybridized carbons (Fsp3) is 0.233. The molecular weight excluding hydrogens is 536 g/mol. The number of methoxy groups -OCH3 is 1. The van der Waals surface area contributed by atoms with Gasteiger partial charge in [-0.25, -0.2) is 9.67 Å². The van der Waals surface area contributed by atoms with Gasteiger partial charge in [0.15, 0.2) is 23.1 Å². The number of nitrogen functional groups attached to an aromatic ring is 1. The summed E-state index contributed by atoms with van der Waals surface area (Å²) in [5.74, 6) is 1.72. The lowest BCUT2D eigenvalue weighted by atomic mass is 9.97. The maximum absolute atomic E-state index is 14.3. The molecule has 4 aromatic heterocycles. The van der Waals surface area contributed by atoms with E-state index in [9.17, 15) is 4.79 Å². The van der Waals surface area contributed by atoms with Gasteiger partial charge in [-0.1, -0.05) is 36.4 Å². The first-order chi connectivity index (χ1) is 20.6. The number of anilines is 1. The number of ether oxygens (including phenoxy) is 2. The van der Waals surface area contributed by atoms with Crippen molar-refractivity contribution in [1.82, 2.24) is 34.3 Å². The minimum Gasteiger partial charge on any atom is -0.491 e. The summed E-state index contributed by atoms with van der Waals surface area (Å²) in [4.78, 5) is 25.5. The molecule has 1 aliphatic rings. The van der Waals surface area contributed by atoms with Gasteiger partial charge in [0.1, 0.15) is 12.4 Å². The van der Waals surface area contributed by atoms with Crippen molar-refractivity contribution in [2.24, 2.45) is 0 Å². The molecule has 6 aromatic rings. The van der Waals surface area contributed by atoms with Crippen LogP contribution in [0.1, 0.15) is 22.7 Å². The second-order valence-corrected chi connectivity index (χ2v) is 10.0. The van der Waals surface area contributed by atoms with Gasteiger partial charge in [0, 0.05) is 20.2 Å². The molecule has 0 aliphatic carbocycles. The van der Waals surface area contributed by atoms with Crippen molar-refractivity contribution in [3.05, 3.63) is 89.8 Å². The summed E-state index contributed by atoms with van der Waals surface area (Å²) in [6.07, 6.45) is 3.92. The van der Waals surface area contributed by atoms with Crippen LogP contribution in [-0.4, -0.2) is 67.0 Å². The summed E-state index contributed by atoms with van der Waals surface area (Å²) in [6, 6.07) is 18.4. The Morgan fingerprint density at radius 2 is 1.93 bits per heavy atom. The molecule has 42 heavy (non-hydrogen) atoms. The number of amides is 1. The van der Waals surface area contributed by atoms with Gasteiger partial charge in [-0.15, -0.1) is 5.10 Å². The van der Waals surface area contributed by atoms with Crippen molar-refractivity contribution in [1.29, 1.82) is 0 Å². The third-order valence-electron chi connectivity index (χ3n) is 7.45. The highest BCUT2D eigenvalue weighted by Crippen LogP contribution is 2.31. The lowest BCUT2D eigenvalue weighted by Crippen LogP contribution is -2.41. The predicted octanol–water partition coefficient (Wildman–Crippen LogP) is 3.52. The molecule has 0 radical (unpaired) electrons. The molecule has 7 rings (SSSR count). The van der Waals surface area contributed by atoms with Crippen LogP contribution in [0, 0.1) is 0 Å². The minimum absolute atomic E-state index is 0.0877. The van der Waals surface area contributed by atoms with Gasteiger partial charge < -0.3 is 24.5 Å². The number of nitrogens with two attached hydrogens (primary N) is 1. The average Bonchev–Trinajstić information content (AvgIpc) is 3.78. The van der Waals surface area contributed by atoms with Crippen molar-refractivity contribution in [3.8, 4) is 17.3 Å². The second kappa shape index (κ2) is 10.6. The number of fused-ring (bicyclic) bond motifs is 4. The van der Waals surface area contributed by atoms with Crippen LogP contribution < -0.4 is 10.5 Å². The maximum Gasteiger partial charge on any atom is 0.252 e. The monoisotopic (exact) mass is 564 g/mol. The number of carbonyl (C=O) groups excluding carboxylic acids is 1. The van der Waals surface area contributed by atoms with Gasteiger partial charge in [-0.2, -0.15) is 14.6 Å². The molecule has 1 atom stereocenters. The summed E-state index contributed by atoms with van der Waals surface area (Å²) >= 11 is 0. The summed E-state index contributed by atoms with van der Waals surface area (Å²) in [5.41, 5.74) is 10.3. The number of hydrogen-bond acceptors (Lipinski definition) is 9. The summed E-state index contributed by atoms with van der Waals surface area (Å²) < 4.78 is 19.4. The quantitative estimate of drug-likeness (QED) is 0.275. The highest BCUT2D eigenvalue weighted by atomic mass is 16.5. The third kappa shape index (κ3) is 4.51. The number of hydrogen-bond donors (Lipinski definition) is 1. The molecule has 1 amide bonds.